The molecule has 0 fully saturated rings. The normalized spacial score (nSPS) is 10.7. The zero-order valence-electron chi connectivity index (χ0n) is 9.49. The van der Waals surface area contributed by atoms with Crippen LogP contribution in [0.3, 0.4) is 0 Å². The second-order valence-corrected chi connectivity index (χ2v) is 5.05. The third kappa shape index (κ3) is 4.47. The van der Waals surface area contributed by atoms with E-state index in [0.29, 0.717) is 11.7 Å². The van der Waals surface area contributed by atoms with Gasteiger partial charge in [-0.3, -0.25) is 9.78 Å². The van der Waals surface area contributed by atoms with Gasteiger partial charge < -0.3 is 0 Å². The molecular weight excluding hydrogens is 206 g/mol. The summed E-state index contributed by atoms with van der Waals surface area (Å²) in [5, 5.41) is 0. The molecule has 2 nitrogen and oxygen atoms in total. The summed E-state index contributed by atoms with van der Waals surface area (Å²) in [4.78, 5) is 15.8. The van der Waals surface area contributed by atoms with Gasteiger partial charge in [0.1, 0.15) is 0 Å². The Hall–Kier alpha value is -0.830. The van der Waals surface area contributed by atoms with Crippen LogP contribution in [-0.2, 0) is 0 Å². The van der Waals surface area contributed by atoms with Crippen molar-refractivity contribution < 1.29 is 4.79 Å². The molecule has 1 rings (SSSR count). The number of Topliss-reactive ketones (excluding diaryl/α,β-unsaturated/α-hetero) is 1. The predicted octanol–water partition coefficient (Wildman–Crippen LogP) is 2.96. The van der Waals surface area contributed by atoms with Gasteiger partial charge in [-0.15, -0.1) is 0 Å². The van der Waals surface area contributed by atoms with E-state index in [1.54, 1.807) is 18.0 Å². The number of pyridine rings is 1. The van der Waals surface area contributed by atoms with Gasteiger partial charge in [0, 0.05) is 17.5 Å². The maximum Gasteiger partial charge on any atom is 0.174 e. The van der Waals surface area contributed by atoms with Crippen LogP contribution in [0.1, 0.15) is 29.9 Å². The lowest BCUT2D eigenvalue weighted by Gasteiger charge is -2.03. The van der Waals surface area contributed by atoms with Gasteiger partial charge in [0.25, 0.3) is 0 Å². The van der Waals surface area contributed by atoms with E-state index in [4.69, 9.17) is 0 Å². The van der Waals surface area contributed by atoms with Crippen LogP contribution in [-0.4, -0.2) is 22.3 Å². The van der Waals surface area contributed by atoms with Crippen LogP contribution in [0.4, 0.5) is 0 Å². The summed E-state index contributed by atoms with van der Waals surface area (Å²) in [6.07, 6.45) is 1.66. The molecule has 0 saturated heterocycles. The van der Waals surface area contributed by atoms with Gasteiger partial charge in [0.15, 0.2) is 5.78 Å². The molecule has 0 saturated carbocycles. The van der Waals surface area contributed by atoms with Crippen LogP contribution < -0.4 is 0 Å². The average Bonchev–Trinajstić information content (AvgIpc) is 2.18. The molecule has 0 amide bonds. The summed E-state index contributed by atoms with van der Waals surface area (Å²) in [6, 6.07) is 3.72. The summed E-state index contributed by atoms with van der Waals surface area (Å²) in [7, 11) is 0. The fourth-order valence-electron chi connectivity index (χ4n) is 1.10. The Balaban J connectivity index is 2.43. The maximum atomic E-state index is 11.7. The van der Waals surface area contributed by atoms with Crippen LogP contribution in [0.2, 0.25) is 0 Å². The summed E-state index contributed by atoms with van der Waals surface area (Å²) in [5.41, 5.74) is 1.67. The van der Waals surface area contributed by atoms with E-state index in [9.17, 15) is 4.79 Å². The largest absolute Gasteiger partial charge is 0.293 e. The molecule has 1 aromatic rings. The van der Waals surface area contributed by atoms with Crippen LogP contribution in [0.5, 0.6) is 0 Å². The zero-order chi connectivity index (χ0) is 11.3. The molecular formula is C12H17NOS. The zero-order valence-corrected chi connectivity index (χ0v) is 10.3. The fraction of sp³-hybridized carbons (Fsp3) is 0.500. The van der Waals surface area contributed by atoms with Crippen molar-refractivity contribution in [2.75, 3.05) is 11.5 Å². The van der Waals surface area contributed by atoms with Crippen molar-refractivity contribution in [3.05, 3.63) is 29.6 Å². The second kappa shape index (κ2) is 5.91. The van der Waals surface area contributed by atoms with Crippen molar-refractivity contribution in [3.8, 4) is 0 Å². The lowest BCUT2D eigenvalue weighted by atomic mass is 10.2. The number of hydrogen-bond donors (Lipinski definition) is 0. The van der Waals surface area contributed by atoms with Crippen molar-refractivity contribution in [1.29, 1.82) is 0 Å². The number of aryl methyl sites for hydroxylation is 1. The van der Waals surface area contributed by atoms with Crippen molar-refractivity contribution >= 4 is 17.5 Å². The number of rotatable bonds is 5. The summed E-state index contributed by atoms with van der Waals surface area (Å²) in [6.45, 7) is 6.23. The van der Waals surface area contributed by atoms with Crippen LogP contribution in [0, 0.1) is 12.8 Å². The molecule has 1 aromatic heterocycles. The minimum Gasteiger partial charge on any atom is -0.293 e. The molecule has 0 N–H and O–H groups in total. The quantitative estimate of drug-likeness (QED) is 0.719. The molecule has 0 aliphatic carbocycles. The van der Waals surface area contributed by atoms with Gasteiger partial charge in [-0.1, -0.05) is 13.8 Å². The monoisotopic (exact) mass is 223 g/mol. The minimum absolute atomic E-state index is 0.174. The van der Waals surface area contributed by atoms with E-state index in [1.165, 1.54) is 0 Å². The van der Waals surface area contributed by atoms with Gasteiger partial charge in [-0.25, -0.2) is 0 Å². The topological polar surface area (TPSA) is 30.0 Å². The van der Waals surface area contributed by atoms with E-state index in [0.717, 1.165) is 17.0 Å². The minimum atomic E-state index is 0.174. The first-order valence-corrected chi connectivity index (χ1v) is 6.28. The molecule has 0 atom stereocenters. The highest BCUT2D eigenvalue weighted by Gasteiger charge is 2.06. The van der Waals surface area contributed by atoms with E-state index in [-0.39, 0.29) is 5.78 Å². The Morgan fingerprint density at radius 3 is 2.73 bits per heavy atom. The van der Waals surface area contributed by atoms with Gasteiger partial charge in [0.2, 0.25) is 0 Å². The van der Waals surface area contributed by atoms with Crippen molar-refractivity contribution in [3.63, 3.8) is 0 Å². The summed E-state index contributed by atoms with van der Waals surface area (Å²) < 4.78 is 0. The second-order valence-electron chi connectivity index (χ2n) is 4.02. The lowest BCUT2D eigenvalue weighted by molar-refractivity contribution is 0.102. The van der Waals surface area contributed by atoms with E-state index < -0.39 is 0 Å². The van der Waals surface area contributed by atoms with Gasteiger partial charge in [-0.2, -0.15) is 11.8 Å². The third-order valence-electron chi connectivity index (χ3n) is 1.92. The van der Waals surface area contributed by atoms with Gasteiger partial charge in [0.05, 0.1) is 5.75 Å². The van der Waals surface area contributed by atoms with Gasteiger partial charge >= 0.3 is 0 Å². The molecule has 0 aliphatic heterocycles. The number of nitrogens with zero attached hydrogens (tertiary/aromatic N) is 1. The molecule has 0 aromatic carbocycles. The highest BCUT2D eigenvalue weighted by molar-refractivity contribution is 7.99. The standard InChI is InChI=1S/C12H17NOS/c1-9(2)7-15-8-12(14)11-5-4-10(3)13-6-11/h4-6,9H,7-8H2,1-3H3. The Morgan fingerprint density at radius 1 is 1.47 bits per heavy atom. The molecule has 0 aliphatic rings. The first-order chi connectivity index (χ1) is 7.09. The maximum absolute atomic E-state index is 11.7. The molecule has 0 radical (unpaired) electrons. The highest BCUT2D eigenvalue weighted by Crippen LogP contribution is 2.10. The van der Waals surface area contributed by atoms with Crippen molar-refractivity contribution in [1.82, 2.24) is 4.98 Å². The van der Waals surface area contributed by atoms with Crippen LogP contribution in [0.25, 0.3) is 0 Å². The Kier molecular flexibility index (Phi) is 4.82. The number of thioether (sulfide) groups is 1. The predicted molar refractivity (Wildman–Crippen MR) is 65.5 cm³/mol. The third-order valence-corrected chi connectivity index (χ3v) is 3.29. The molecule has 1 heterocycles. The molecule has 3 heteroatoms. The SMILES string of the molecule is Cc1ccc(C(=O)CSCC(C)C)cn1. The molecule has 0 bridgehead atoms. The molecule has 15 heavy (non-hydrogen) atoms. The number of aromatic nitrogens is 1. The molecule has 82 valence electrons. The van der Waals surface area contributed by atoms with E-state index in [1.807, 2.05) is 19.1 Å². The number of carbonyl (C=O) groups excluding carboxylic acids is 1. The number of hydrogen-bond acceptors (Lipinski definition) is 3. The summed E-state index contributed by atoms with van der Waals surface area (Å²) >= 11 is 1.69. The van der Waals surface area contributed by atoms with Crippen molar-refractivity contribution in [2.24, 2.45) is 5.92 Å². The van der Waals surface area contributed by atoms with Crippen LogP contribution in [0.15, 0.2) is 18.3 Å². The first-order valence-electron chi connectivity index (χ1n) is 5.13. The fourth-order valence-corrected chi connectivity index (χ4v) is 2.04. The summed E-state index contributed by atoms with van der Waals surface area (Å²) in [5.74, 6) is 2.40. The lowest BCUT2D eigenvalue weighted by Crippen LogP contribution is -2.05. The number of carbonyl (C=O) groups is 1. The van der Waals surface area contributed by atoms with Gasteiger partial charge in [-0.05, 0) is 30.7 Å². The van der Waals surface area contributed by atoms with E-state index in [2.05, 4.69) is 18.8 Å². The average molecular weight is 223 g/mol. The molecule has 0 unspecified atom stereocenters. The smallest absolute Gasteiger partial charge is 0.174 e. The molecule has 0 spiro atoms. The number of ketones is 1. The van der Waals surface area contributed by atoms with E-state index >= 15 is 0 Å². The van der Waals surface area contributed by atoms with Crippen molar-refractivity contribution in [2.45, 2.75) is 20.8 Å². The Bertz CT molecular complexity index is 319. The Labute approximate surface area is 95.5 Å². The Morgan fingerprint density at radius 2 is 2.20 bits per heavy atom. The highest BCUT2D eigenvalue weighted by atomic mass is 32.2. The first kappa shape index (κ1) is 12.2. The van der Waals surface area contributed by atoms with Crippen LogP contribution >= 0.6 is 11.8 Å².